The van der Waals surface area contributed by atoms with Gasteiger partial charge in [0.15, 0.2) is 5.11 Å². The quantitative estimate of drug-likeness (QED) is 0.430. The Kier molecular flexibility index (Phi) is 9.69. The van der Waals surface area contributed by atoms with Crippen LogP contribution in [0.1, 0.15) is 63.2 Å². The minimum absolute atomic E-state index is 0.00469. The normalized spacial score (nSPS) is 17.8. The lowest BCUT2D eigenvalue weighted by molar-refractivity contribution is 0.164. The van der Waals surface area contributed by atoms with Crippen LogP contribution in [-0.2, 0) is 10.0 Å². The monoisotopic (exact) mass is 516 g/mol. The smallest absolute Gasteiger partial charge is 0.209 e. The van der Waals surface area contributed by atoms with Crippen molar-refractivity contribution >= 4 is 27.4 Å². The number of rotatable bonds is 9. The molecule has 0 spiro atoms. The van der Waals surface area contributed by atoms with Gasteiger partial charge in [0.25, 0.3) is 0 Å². The number of piperidine rings is 1. The van der Waals surface area contributed by atoms with Gasteiger partial charge in [-0.05, 0) is 54.7 Å². The summed E-state index contributed by atoms with van der Waals surface area (Å²) in [6, 6.07) is 18.7. The van der Waals surface area contributed by atoms with E-state index in [4.69, 9.17) is 12.2 Å². The molecule has 0 aliphatic carbocycles. The van der Waals surface area contributed by atoms with Crippen molar-refractivity contribution in [3.63, 3.8) is 0 Å². The average Bonchev–Trinajstić information content (AvgIpc) is 2.81. The topological polar surface area (TPSA) is 73.5 Å². The first-order chi connectivity index (χ1) is 16.5. The van der Waals surface area contributed by atoms with Gasteiger partial charge in [-0.3, -0.25) is 0 Å². The van der Waals surface area contributed by atoms with Gasteiger partial charge in [0.2, 0.25) is 10.0 Å². The molecule has 3 N–H and O–H groups in total. The molecule has 0 bridgehead atoms. The van der Waals surface area contributed by atoms with Gasteiger partial charge in [-0.2, -0.15) is 0 Å². The number of sulfonamides is 1. The Balaban J connectivity index is 1.87. The Bertz CT molecular complexity index is 1030. The highest BCUT2D eigenvalue weighted by Gasteiger charge is 2.31. The molecule has 192 valence electrons. The molecule has 1 heterocycles. The van der Waals surface area contributed by atoms with E-state index in [1.54, 1.807) is 0 Å². The molecule has 35 heavy (non-hydrogen) atoms. The van der Waals surface area contributed by atoms with Crippen molar-refractivity contribution in [3.8, 4) is 0 Å². The predicted octanol–water partition coefficient (Wildman–Crippen LogP) is 4.38. The number of hydrogen-bond acceptors (Lipinski definition) is 4. The van der Waals surface area contributed by atoms with E-state index >= 15 is 0 Å². The summed E-state index contributed by atoms with van der Waals surface area (Å²) in [5, 5.41) is 7.56. The number of likely N-dealkylation sites (tertiary alicyclic amines) is 1. The number of benzene rings is 2. The first-order valence-electron chi connectivity index (χ1n) is 12.4. The highest BCUT2D eigenvalue weighted by molar-refractivity contribution is 7.88. The third-order valence-electron chi connectivity index (χ3n) is 6.52. The molecule has 1 aliphatic heterocycles. The van der Waals surface area contributed by atoms with Crippen LogP contribution in [0.4, 0.5) is 0 Å². The van der Waals surface area contributed by atoms with Crippen LogP contribution >= 0.6 is 12.2 Å². The zero-order valence-electron chi connectivity index (χ0n) is 21.3. The lowest BCUT2D eigenvalue weighted by Crippen LogP contribution is -2.55. The molecule has 0 saturated carbocycles. The molecule has 3 atom stereocenters. The van der Waals surface area contributed by atoms with Gasteiger partial charge in [0, 0.05) is 12.6 Å². The van der Waals surface area contributed by atoms with Crippen LogP contribution in [-0.4, -0.2) is 50.4 Å². The maximum atomic E-state index is 12.4. The molecule has 0 radical (unpaired) electrons. The van der Waals surface area contributed by atoms with E-state index in [1.165, 1.54) is 25.5 Å². The van der Waals surface area contributed by atoms with Crippen molar-refractivity contribution in [1.82, 2.24) is 20.3 Å². The van der Waals surface area contributed by atoms with E-state index in [9.17, 15) is 8.42 Å². The zero-order valence-corrected chi connectivity index (χ0v) is 23.0. The van der Waals surface area contributed by atoms with Crippen LogP contribution in [0.25, 0.3) is 0 Å². The molecule has 1 aliphatic rings. The van der Waals surface area contributed by atoms with E-state index in [2.05, 4.69) is 41.0 Å². The second-order valence-corrected chi connectivity index (χ2v) is 12.8. The second-order valence-electron chi connectivity index (χ2n) is 10.6. The van der Waals surface area contributed by atoms with Gasteiger partial charge < -0.3 is 15.5 Å². The first-order valence-corrected chi connectivity index (χ1v) is 14.7. The third kappa shape index (κ3) is 8.86. The number of nitrogens with one attached hydrogen (secondary N) is 3. The molecule has 2 aromatic rings. The van der Waals surface area contributed by atoms with Gasteiger partial charge in [-0.1, -0.05) is 87.9 Å². The maximum absolute atomic E-state index is 12.4. The largest absolute Gasteiger partial charge is 0.358 e. The van der Waals surface area contributed by atoms with E-state index < -0.39 is 22.1 Å². The van der Waals surface area contributed by atoms with Crippen LogP contribution in [0.15, 0.2) is 60.7 Å². The van der Waals surface area contributed by atoms with Gasteiger partial charge in [0.1, 0.15) is 0 Å². The van der Waals surface area contributed by atoms with Crippen molar-refractivity contribution in [2.24, 2.45) is 5.41 Å². The number of hydrogen-bond donors (Lipinski definition) is 3. The van der Waals surface area contributed by atoms with Crippen LogP contribution in [0.3, 0.4) is 0 Å². The fraction of sp³-hybridized carbons (Fsp3) is 0.519. The summed E-state index contributed by atoms with van der Waals surface area (Å²) in [5.41, 5.74) is 1.81. The second kappa shape index (κ2) is 12.3. The van der Waals surface area contributed by atoms with Crippen molar-refractivity contribution in [2.75, 3.05) is 25.9 Å². The van der Waals surface area contributed by atoms with Gasteiger partial charge >= 0.3 is 0 Å². The van der Waals surface area contributed by atoms with Crippen molar-refractivity contribution in [3.05, 3.63) is 71.8 Å². The van der Waals surface area contributed by atoms with E-state index in [0.717, 1.165) is 30.8 Å². The standard InChI is InChI=1S/C27H40N4O2S2/c1-27(2,3)23(20-31-18-12-7-13-19-31)28-26(34)29-24(21-14-8-5-9-15-21)25(30-35(4,32)33)22-16-10-6-11-17-22/h5-6,8-11,14-17,23-25,30H,7,12-13,18-20H2,1-4H3,(H2,28,29,34)/t23-,24+,25+/m1/s1. The third-order valence-corrected chi connectivity index (χ3v) is 7.44. The molecule has 3 rings (SSSR count). The number of thiocarbonyl (C=S) groups is 1. The van der Waals surface area contributed by atoms with Crippen molar-refractivity contribution < 1.29 is 8.42 Å². The molecule has 1 saturated heterocycles. The molecule has 0 amide bonds. The highest BCUT2D eigenvalue weighted by Crippen LogP contribution is 2.30. The van der Waals surface area contributed by atoms with Crippen molar-refractivity contribution in [1.29, 1.82) is 0 Å². The van der Waals surface area contributed by atoms with Crippen molar-refractivity contribution in [2.45, 2.75) is 58.2 Å². The molecular weight excluding hydrogens is 476 g/mol. The van der Waals surface area contributed by atoms with E-state index in [0.29, 0.717) is 5.11 Å². The van der Waals surface area contributed by atoms with Crippen LogP contribution in [0.2, 0.25) is 0 Å². The Hall–Kier alpha value is -2.00. The molecule has 1 fully saturated rings. The molecule has 0 aromatic heterocycles. The van der Waals surface area contributed by atoms with E-state index in [-0.39, 0.29) is 11.5 Å². The molecule has 8 heteroatoms. The summed E-state index contributed by atoms with van der Waals surface area (Å²) in [7, 11) is -3.49. The van der Waals surface area contributed by atoms with Crippen LogP contribution in [0.5, 0.6) is 0 Å². The SMILES string of the molecule is CC(C)(C)[C@@H](CN1CCCCC1)NC(=S)N[C@@H](c1ccccc1)[C@@H](NS(C)(=O)=O)c1ccccc1. The number of nitrogens with zero attached hydrogens (tertiary/aromatic N) is 1. The highest BCUT2D eigenvalue weighted by atomic mass is 32.2. The fourth-order valence-corrected chi connectivity index (χ4v) is 5.52. The Morgan fingerprint density at radius 3 is 1.89 bits per heavy atom. The summed E-state index contributed by atoms with van der Waals surface area (Å²) in [5.74, 6) is 0. The average molecular weight is 517 g/mol. The lowest BCUT2D eigenvalue weighted by atomic mass is 9.86. The molecule has 2 aromatic carbocycles. The minimum atomic E-state index is -3.49. The lowest BCUT2D eigenvalue weighted by Gasteiger charge is -2.39. The molecule has 0 unspecified atom stereocenters. The summed E-state index contributed by atoms with van der Waals surface area (Å²) in [4.78, 5) is 2.52. The fourth-order valence-electron chi connectivity index (χ4n) is 4.52. The van der Waals surface area contributed by atoms with Crippen LogP contribution in [0, 0.1) is 5.41 Å². The first kappa shape index (κ1) is 27.6. The minimum Gasteiger partial charge on any atom is -0.358 e. The summed E-state index contributed by atoms with van der Waals surface area (Å²) >= 11 is 5.84. The van der Waals surface area contributed by atoms with Gasteiger partial charge in [0.05, 0.1) is 18.3 Å². The Morgan fingerprint density at radius 2 is 1.40 bits per heavy atom. The van der Waals surface area contributed by atoms with Crippen LogP contribution < -0.4 is 15.4 Å². The summed E-state index contributed by atoms with van der Waals surface area (Å²) < 4.78 is 27.6. The summed E-state index contributed by atoms with van der Waals surface area (Å²) in [6.07, 6.45) is 4.98. The Morgan fingerprint density at radius 1 is 0.886 bits per heavy atom. The predicted molar refractivity (Wildman–Crippen MR) is 149 cm³/mol. The maximum Gasteiger partial charge on any atom is 0.209 e. The molecular formula is C27H40N4O2S2. The zero-order chi connectivity index (χ0) is 25.5. The van der Waals surface area contributed by atoms with E-state index in [1.807, 2.05) is 60.7 Å². The molecule has 6 nitrogen and oxygen atoms in total. The summed E-state index contributed by atoms with van der Waals surface area (Å²) in [6.45, 7) is 9.84. The Labute approximate surface area is 216 Å². The van der Waals surface area contributed by atoms with Gasteiger partial charge in [-0.25, -0.2) is 13.1 Å². The van der Waals surface area contributed by atoms with Gasteiger partial charge in [-0.15, -0.1) is 0 Å².